The van der Waals surface area contributed by atoms with Crippen molar-refractivity contribution in [3.63, 3.8) is 0 Å². The molecule has 0 bridgehead atoms. The molecule has 2 atom stereocenters. The van der Waals surface area contributed by atoms with Crippen LogP contribution in [0.2, 0.25) is 0 Å². The number of nitrogens with zero attached hydrogens (tertiary/aromatic N) is 3. The number of rotatable bonds is 5. The van der Waals surface area contributed by atoms with Crippen molar-refractivity contribution in [2.45, 2.75) is 58.0 Å². The Morgan fingerprint density at radius 3 is 3.04 bits per heavy atom. The molecule has 6 nitrogen and oxygen atoms in total. The molecule has 1 aromatic carbocycles. The van der Waals surface area contributed by atoms with Gasteiger partial charge in [-0.2, -0.15) is 4.98 Å². The van der Waals surface area contributed by atoms with Crippen LogP contribution in [0, 0.1) is 12.3 Å². The highest BCUT2D eigenvalue weighted by Crippen LogP contribution is 2.46. The van der Waals surface area contributed by atoms with E-state index in [1.807, 2.05) is 36.1 Å². The van der Waals surface area contributed by atoms with Gasteiger partial charge in [0.1, 0.15) is 0 Å². The summed E-state index contributed by atoms with van der Waals surface area (Å²) in [6, 6.07) is 8.01. The molecule has 1 saturated heterocycles. The van der Waals surface area contributed by atoms with Crippen LogP contribution in [-0.2, 0) is 16.0 Å². The minimum Gasteiger partial charge on any atom is -0.381 e. The maximum atomic E-state index is 12.8. The van der Waals surface area contributed by atoms with Gasteiger partial charge in [-0.05, 0) is 38.7 Å². The number of ether oxygens (including phenoxy) is 1. The number of benzene rings is 1. The molecule has 0 unspecified atom stereocenters. The highest BCUT2D eigenvalue weighted by atomic mass is 16.5. The Morgan fingerprint density at radius 1 is 1.36 bits per heavy atom. The summed E-state index contributed by atoms with van der Waals surface area (Å²) in [6.45, 7) is 3.70. The molecule has 2 aromatic rings. The number of hydrogen-bond donors (Lipinski definition) is 0. The van der Waals surface area contributed by atoms with E-state index in [1.54, 1.807) is 7.11 Å². The predicted octanol–water partition coefficient (Wildman–Crippen LogP) is 3.79. The monoisotopic (exact) mass is 383 g/mol. The minimum absolute atomic E-state index is 0.158. The van der Waals surface area contributed by atoms with Crippen molar-refractivity contribution in [2.75, 3.05) is 20.2 Å². The van der Waals surface area contributed by atoms with Crippen molar-refractivity contribution < 1.29 is 14.1 Å². The summed E-state index contributed by atoms with van der Waals surface area (Å²) < 4.78 is 11.1. The second kappa shape index (κ2) is 8.03. The molecule has 4 rings (SSSR count). The Hall–Kier alpha value is -2.21. The van der Waals surface area contributed by atoms with Crippen molar-refractivity contribution >= 4 is 5.91 Å². The molecule has 2 aliphatic rings. The molecule has 6 heteroatoms. The molecule has 0 N–H and O–H groups in total. The summed E-state index contributed by atoms with van der Waals surface area (Å²) in [5.74, 6) is 1.28. The van der Waals surface area contributed by atoms with Gasteiger partial charge in [-0.1, -0.05) is 35.3 Å². The van der Waals surface area contributed by atoms with Crippen molar-refractivity contribution in [1.29, 1.82) is 0 Å². The fourth-order valence-corrected chi connectivity index (χ4v) is 4.94. The maximum Gasteiger partial charge on any atom is 0.227 e. The lowest BCUT2D eigenvalue weighted by Gasteiger charge is -2.43. The fraction of sp³-hybridized carbons (Fsp3) is 0.591. The van der Waals surface area contributed by atoms with Crippen molar-refractivity contribution in [3.05, 3.63) is 35.7 Å². The molecule has 1 aliphatic heterocycles. The van der Waals surface area contributed by atoms with Gasteiger partial charge < -0.3 is 14.2 Å². The van der Waals surface area contributed by atoms with Gasteiger partial charge in [-0.25, -0.2) is 0 Å². The second-order valence-corrected chi connectivity index (χ2v) is 8.28. The summed E-state index contributed by atoms with van der Waals surface area (Å²) in [4.78, 5) is 19.3. The number of amides is 1. The topological polar surface area (TPSA) is 68.5 Å². The molecule has 1 saturated carbocycles. The van der Waals surface area contributed by atoms with Crippen molar-refractivity contribution in [2.24, 2.45) is 5.41 Å². The molecule has 1 aromatic heterocycles. The Bertz CT molecular complexity index is 834. The van der Waals surface area contributed by atoms with Crippen LogP contribution in [-0.4, -0.2) is 47.3 Å². The third-order valence-corrected chi connectivity index (χ3v) is 6.37. The molecule has 1 aliphatic carbocycles. The second-order valence-electron chi connectivity index (χ2n) is 8.28. The lowest BCUT2D eigenvalue weighted by molar-refractivity contribution is -0.137. The van der Waals surface area contributed by atoms with Crippen LogP contribution in [0.15, 0.2) is 28.8 Å². The lowest BCUT2D eigenvalue weighted by atomic mass is 9.76. The van der Waals surface area contributed by atoms with Gasteiger partial charge in [-0.15, -0.1) is 0 Å². The molecular weight excluding hydrogens is 354 g/mol. The van der Waals surface area contributed by atoms with E-state index in [9.17, 15) is 4.79 Å². The largest absolute Gasteiger partial charge is 0.381 e. The van der Waals surface area contributed by atoms with Gasteiger partial charge in [0, 0.05) is 44.0 Å². The number of aromatic nitrogens is 2. The zero-order valence-corrected chi connectivity index (χ0v) is 16.8. The summed E-state index contributed by atoms with van der Waals surface area (Å²) >= 11 is 0. The summed E-state index contributed by atoms with van der Waals surface area (Å²) in [5.41, 5.74) is 2.25. The van der Waals surface area contributed by atoms with E-state index < -0.39 is 0 Å². The standard InChI is InChI=1S/C22H29N3O3/c1-16-6-3-7-17(14-16)21-23-19(28-24-21)9-10-20(26)25-13-5-12-22(15-25)11-4-8-18(22)27-2/h3,6-7,14,18H,4-5,8-13,15H2,1-2H3/t18-,22-/m1/s1. The molecule has 1 spiro atoms. The quantitative estimate of drug-likeness (QED) is 0.786. The average molecular weight is 383 g/mol. The molecule has 150 valence electrons. The van der Waals surface area contributed by atoms with E-state index in [0.717, 1.165) is 37.1 Å². The maximum absolute atomic E-state index is 12.8. The summed E-state index contributed by atoms with van der Waals surface area (Å²) in [7, 11) is 1.81. The zero-order chi connectivity index (χ0) is 19.6. The first-order valence-corrected chi connectivity index (χ1v) is 10.3. The smallest absolute Gasteiger partial charge is 0.227 e. The van der Waals surface area contributed by atoms with Gasteiger partial charge in [0.15, 0.2) is 0 Å². The molecular formula is C22H29N3O3. The third-order valence-electron chi connectivity index (χ3n) is 6.37. The first kappa shape index (κ1) is 19.1. The van der Waals surface area contributed by atoms with Crippen LogP contribution < -0.4 is 0 Å². The predicted molar refractivity (Wildman–Crippen MR) is 106 cm³/mol. The molecule has 2 fully saturated rings. The van der Waals surface area contributed by atoms with Crippen molar-refractivity contribution in [3.8, 4) is 11.4 Å². The molecule has 0 radical (unpaired) electrons. The molecule has 28 heavy (non-hydrogen) atoms. The SMILES string of the molecule is CO[C@@H]1CCC[C@]12CCCN(C(=O)CCc1nc(-c3cccc(C)c3)no1)C2. The van der Waals surface area contributed by atoms with Gasteiger partial charge in [-0.3, -0.25) is 4.79 Å². The number of carbonyl (C=O) groups is 1. The Balaban J connectivity index is 1.36. The van der Waals surface area contributed by atoms with Gasteiger partial charge >= 0.3 is 0 Å². The van der Waals surface area contributed by atoms with E-state index in [-0.39, 0.29) is 17.4 Å². The number of piperidine rings is 1. The van der Waals surface area contributed by atoms with Crippen LogP contribution in [0.5, 0.6) is 0 Å². The summed E-state index contributed by atoms with van der Waals surface area (Å²) in [5, 5.41) is 4.07. The summed E-state index contributed by atoms with van der Waals surface area (Å²) in [6.07, 6.45) is 6.88. The Kier molecular flexibility index (Phi) is 5.49. The Morgan fingerprint density at radius 2 is 2.21 bits per heavy atom. The van der Waals surface area contributed by atoms with E-state index >= 15 is 0 Å². The molecule has 2 heterocycles. The zero-order valence-electron chi connectivity index (χ0n) is 16.8. The Labute approximate surface area is 166 Å². The minimum atomic E-state index is 0.158. The normalized spacial score (nSPS) is 24.8. The van der Waals surface area contributed by atoms with Crippen LogP contribution in [0.4, 0.5) is 0 Å². The third kappa shape index (κ3) is 3.83. The number of hydrogen-bond acceptors (Lipinski definition) is 5. The van der Waals surface area contributed by atoms with Crippen LogP contribution >= 0.6 is 0 Å². The number of likely N-dealkylation sites (tertiary alicyclic amines) is 1. The number of aryl methyl sites for hydroxylation is 2. The lowest BCUT2D eigenvalue weighted by Crippen LogP contribution is -2.49. The van der Waals surface area contributed by atoms with Gasteiger partial charge in [0.25, 0.3) is 0 Å². The van der Waals surface area contributed by atoms with E-state index in [1.165, 1.54) is 19.3 Å². The highest BCUT2D eigenvalue weighted by molar-refractivity contribution is 5.76. The van der Waals surface area contributed by atoms with Gasteiger partial charge in [0.05, 0.1) is 6.10 Å². The number of carbonyl (C=O) groups excluding carboxylic acids is 1. The average Bonchev–Trinajstić information content (AvgIpc) is 3.33. The van der Waals surface area contributed by atoms with Crippen LogP contribution in [0.3, 0.4) is 0 Å². The molecule has 1 amide bonds. The van der Waals surface area contributed by atoms with E-state index in [0.29, 0.717) is 24.6 Å². The first-order chi connectivity index (χ1) is 13.6. The fourth-order valence-electron chi connectivity index (χ4n) is 4.94. The van der Waals surface area contributed by atoms with Crippen molar-refractivity contribution in [1.82, 2.24) is 15.0 Å². The van der Waals surface area contributed by atoms with Crippen LogP contribution in [0.25, 0.3) is 11.4 Å². The van der Waals surface area contributed by atoms with Crippen LogP contribution in [0.1, 0.15) is 50.0 Å². The van der Waals surface area contributed by atoms with E-state index in [2.05, 4.69) is 10.1 Å². The van der Waals surface area contributed by atoms with Gasteiger partial charge in [0.2, 0.25) is 17.6 Å². The first-order valence-electron chi connectivity index (χ1n) is 10.3. The van der Waals surface area contributed by atoms with E-state index in [4.69, 9.17) is 9.26 Å². The number of methoxy groups -OCH3 is 1. The highest BCUT2D eigenvalue weighted by Gasteiger charge is 2.46.